The van der Waals surface area contributed by atoms with Gasteiger partial charge in [0.2, 0.25) is 0 Å². The number of hydrogen-bond donors (Lipinski definition) is 0. The summed E-state index contributed by atoms with van der Waals surface area (Å²) in [7, 11) is 4.06. The summed E-state index contributed by atoms with van der Waals surface area (Å²) in [6, 6.07) is 0. The van der Waals surface area contributed by atoms with E-state index in [9.17, 15) is 0 Å². The summed E-state index contributed by atoms with van der Waals surface area (Å²) in [5.74, 6) is 1.86. The van der Waals surface area contributed by atoms with Gasteiger partial charge in [-0.15, -0.1) is 0 Å². The second-order valence-electron chi connectivity index (χ2n) is 5.77. The fourth-order valence-electron chi connectivity index (χ4n) is 2.53. The fraction of sp³-hybridized carbons (Fsp3) is 0.889. The standard InChI is InChI=1S/C18H35P/c1-2-3-4-5-6-7-8-9-10-11-12-13-14-15-16-17-18-19/h17-18H,2-16H2,1H3. The molecule has 112 valence electrons. The van der Waals surface area contributed by atoms with Gasteiger partial charge >= 0.3 is 0 Å². The predicted molar refractivity (Wildman–Crippen MR) is 91.0 cm³/mol. The van der Waals surface area contributed by atoms with Crippen LogP contribution in [-0.4, -0.2) is 0 Å². The van der Waals surface area contributed by atoms with Crippen LogP contribution in [0.2, 0.25) is 0 Å². The van der Waals surface area contributed by atoms with Gasteiger partial charge in [0.25, 0.3) is 0 Å². The molecule has 0 N–H and O–H groups in total. The fourth-order valence-corrected chi connectivity index (χ4v) is 2.68. The minimum Gasteiger partial charge on any atom is -0.0834 e. The molecule has 0 amide bonds. The van der Waals surface area contributed by atoms with Crippen molar-refractivity contribution < 1.29 is 0 Å². The normalized spacial score (nSPS) is 11.5. The first-order valence-electron chi connectivity index (χ1n) is 8.71. The lowest BCUT2D eigenvalue weighted by Crippen LogP contribution is -1.83. The quantitative estimate of drug-likeness (QED) is 0.212. The Morgan fingerprint density at radius 1 is 0.579 bits per heavy atom. The third kappa shape index (κ3) is 18.2. The van der Waals surface area contributed by atoms with E-state index >= 15 is 0 Å². The van der Waals surface area contributed by atoms with Crippen LogP contribution in [0.15, 0.2) is 11.9 Å². The van der Waals surface area contributed by atoms with Crippen molar-refractivity contribution in [3.05, 3.63) is 11.9 Å². The summed E-state index contributed by atoms with van der Waals surface area (Å²) in [6.45, 7) is 2.29. The van der Waals surface area contributed by atoms with Crippen molar-refractivity contribution in [2.75, 3.05) is 0 Å². The van der Waals surface area contributed by atoms with Crippen LogP contribution in [0.1, 0.15) is 103 Å². The van der Waals surface area contributed by atoms with Crippen molar-refractivity contribution in [3.63, 3.8) is 0 Å². The lowest BCUT2D eigenvalue weighted by atomic mass is 10.0. The Morgan fingerprint density at radius 2 is 0.947 bits per heavy atom. The maximum Gasteiger partial charge on any atom is -0.0146 e. The summed E-state index contributed by atoms with van der Waals surface area (Å²) in [5, 5.41) is 0. The largest absolute Gasteiger partial charge is 0.0834 e. The molecular formula is C18H35P. The summed E-state index contributed by atoms with van der Waals surface area (Å²) < 4.78 is 0. The Hall–Kier alpha value is 0.170. The van der Waals surface area contributed by atoms with Gasteiger partial charge in [0.1, 0.15) is 0 Å². The van der Waals surface area contributed by atoms with E-state index in [0.717, 1.165) is 0 Å². The Balaban J connectivity index is 2.91. The molecule has 0 aliphatic rings. The molecular weight excluding hydrogens is 247 g/mol. The maximum absolute atomic E-state index is 4.06. The molecule has 0 unspecified atom stereocenters. The molecule has 0 aliphatic carbocycles. The van der Waals surface area contributed by atoms with Crippen LogP contribution in [0.5, 0.6) is 0 Å². The third-order valence-electron chi connectivity index (χ3n) is 3.83. The van der Waals surface area contributed by atoms with E-state index in [0.29, 0.717) is 0 Å². The molecule has 0 rings (SSSR count). The van der Waals surface area contributed by atoms with Gasteiger partial charge in [0.05, 0.1) is 0 Å². The van der Waals surface area contributed by atoms with Crippen molar-refractivity contribution in [1.82, 2.24) is 0 Å². The van der Waals surface area contributed by atoms with Crippen LogP contribution >= 0.6 is 9.24 Å². The monoisotopic (exact) mass is 282 g/mol. The van der Waals surface area contributed by atoms with Crippen LogP contribution in [0, 0.1) is 0 Å². The number of unbranched alkanes of at least 4 members (excludes halogenated alkanes) is 14. The topological polar surface area (TPSA) is 0 Å². The summed E-state index contributed by atoms with van der Waals surface area (Å²) in [5.41, 5.74) is 0. The van der Waals surface area contributed by atoms with E-state index in [-0.39, 0.29) is 0 Å². The van der Waals surface area contributed by atoms with Crippen molar-refractivity contribution in [2.45, 2.75) is 103 Å². The lowest BCUT2D eigenvalue weighted by molar-refractivity contribution is 0.536. The molecule has 0 aliphatic heterocycles. The van der Waals surface area contributed by atoms with Crippen molar-refractivity contribution >= 4 is 9.24 Å². The average molecular weight is 282 g/mol. The molecule has 0 heterocycles. The third-order valence-corrected chi connectivity index (χ3v) is 4.04. The summed E-state index contributed by atoms with van der Waals surface area (Å²) in [4.78, 5) is 0. The Kier molecular flexibility index (Phi) is 18.3. The maximum atomic E-state index is 4.06. The molecule has 0 nitrogen and oxygen atoms in total. The van der Waals surface area contributed by atoms with Crippen LogP contribution in [0.25, 0.3) is 0 Å². The minimum atomic E-state index is 1.21. The van der Waals surface area contributed by atoms with Gasteiger partial charge < -0.3 is 0 Å². The Labute approximate surface area is 125 Å². The molecule has 0 bridgehead atoms. The number of rotatable bonds is 15. The van der Waals surface area contributed by atoms with Crippen LogP contribution < -0.4 is 0 Å². The van der Waals surface area contributed by atoms with Gasteiger partial charge in [-0.05, 0) is 22.1 Å². The highest BCUT2D eigenvalue weighted by molar-refractivity contribution is 7.20. The molecule has 0 spiro atoms. The van der Waals surface area contributed by atoms with E-state index < -0.39 is 0 Å². The molecule has 0 aromatic rings. The number of allylic oxidation sites excluding steroid dienone is 1. The van der Waals surface area contributed by atoms with Gasteiger partial charge in [-0.1, -0.05) is 102 Å². The molecule has 2 radical (unpaired) electrons. The average Bonchev–Trinajstić information content (AvgIpc) is 2.43. The van der Waals surface area contributed by atoms with Gasteiger partial charge in [0, 0.05) is 0 Å². The molecule has 0 saturated carbocycles. The summed E-state index contributed by atoms with van der Waals surface area (Å²) in [6.07, 6.45) is 23.5. The van der Waals surface area contributed by atoms with E-state index in [1.807, 2.05) is 5.82 Å². The van der Waals surface area contributed by atoms with Gasteiger partial charge in [-0.25, -0.2) is 0 Å². The zero-order valence-corrected chi connectivity index (χ0v) is 14.1. The zero-order chi connectivity index (χ0) is 14.0. The second-order valence-corrected chi connectivity index (χ2v) is 6.07. The number of hydrogen-bond acceptors (Lipinski definition) is 0. The first-order valence-corrected chi connectivity index (χ1v) is 9.22. The highest BCUT2D eigenvalue weighted by atomic mass is 31.0. The molecule has 0 aromatic carbocycles. The Bertz CT molecular complexity index is 175. The second kappa shape index (κ2) is 18.2. The zero-order valence-electron chi connectivity index (χ0n) is 13.2. The highest BCUT2D eigenvalue weighted by Gasteiger charge is 1.93. The SMILES string of the molecule is CCCCCCCCCCCCCCCCC=C[P]. The van der Waals surface area contributed by atoms with Gasteiger partial charge in [-0.2, -0.15) is 0 Å². The molecule has 0 aromatic heterocycles. The summed E-state index contributed by atoms with van der Waals surface area (Å²) >= 11 is 0. The molecule has 1 heteroatoms. The molecule has 0 saturated heterocycles. The van der Waals surface area contributed by atoms with E-state index in [1.165, 1.54) is 96.3 Å². The molecule has 0 fully saturated rings. The van der Waals surface area contributed by atoms with E-state index in [2.05, 4.69) is 22.2 Å². The van der Waals surface area contributed by atoms with Crippen LogP contribution in [0.3, 0.4) is 0 Å². The van der Waals surface area contributed by atoms with Crippen LogP contribution in [0.4, 0.5) is 0 Å². The van der Waals surface area contributed by atoms with Crippen molar-refractivity contribution in [1.29, 1.82) is 0 Å². The predicted octanol–water partition coefficient (Wildman–Crippen LogP) is 7.78. The molecule has 19 heavy (non-hydrogen) atoms. The first-order chi connectivity index (χ1) is 9.41. The Morgan fingerprint density at radius 3 is 1.32 bits per heavy atom. The first kappa shape index (κ1) is 19.2. The van der Waals surface area contributed by atoms with Crippen molar-refractivity contribution in [3.8, 4) is 0 Å². The minimum absolute atomic E-state index is 1.21. The van der Waals surface area contributed by atoms with Crippen molar-refractivity contribution in [2.24, 2.45) is 0 Å². The smallest absolute Gasteiger partial charge is 0.0146 e. The van der Waals surface area contributed by atoms with E-state index in [1.54, 1.807) is 0 Å². The highest BCUT2D eigenvalue weighted by Crippen LogP contribution is 2.13. The van der Waals surface area contributed by atoms with Gasteiger partial charge in [0.15, 0.2) is 0 Å². The van der Waals surface area contributed by atoms with Crippen LogP contribution in [-0.2, 0) is 0 Å². The lowest BCUT2D eigenvalue weighted by Gasteiger charge is -2.02. The molecule has 0 atom stereocenters. The van der Waals surface area contributed by atoms with Gasteiger partial charge in [-0.3, -0.25) is 0 Å². The van der Waals surface area contributed by atoms with E-state index in [4.69, 9.17) is 0 Å².